The molecule has 3 aromatic rings. The molecule has 0 bridgehead atoms. The van der Waals surface area contributed by atoms with Crippen LogP contribution in [-0.2, 0) is 23.8 Å². The summed E-state index contributed by atoms with van der Waals surface area (Å²) in [7, 11) is 2.55. The molecule has 1 aliphatic heterocycles. The largest absolute Gasteiger partial charge is 0.466 e. The predicted octanol–water partition coefficient (Wildman–Crippen LogP) is 3.90. The second kappa shape index (κ2) is 8.39. The fraction of sp³-hybridized carbons (Fsp3) is 0.167. The number of hydrogen-bond acceptors (Lipinski definition) is 6. The van der Waals surface area contributed by atoms with Crippen LogP contribution >= 0.6 is 0 Å². The number of hydrogen-bond donors (Lipinski definition) is 0. The smallest absolute Gasteiger partial charge is 0.355 e. The van der Waals surface area contributed by atoms with Gasteiger partial charge in [-0.25, -0.2) is 9.59 Å². The summed E-state index contributed by atoms with van der Waals surface area (Å²) >= 11 is 0. The van der Waals surface area contributed by atoms with Gasteiger partial charge in [-0.2, -0.15) is 0 Å². The van der Waals surface area contributed by atoms with Crippen LogP contribution in [0.15, 0.2) is 78.0 Å². The summed E-state index contributed by atoms with van der Waals surface area (Å²) in [5, 5.41) is 2.27. The molecule has 0 N–H and O–H groups in total. The van der Waals surface area contributed by atoms with Gasteiger partial charge >= 0.3 is 11.9 Å². The first-order valence-electron chi connectivity index (χ1n) is 9.47. The highest BCUT2D eigenvalue weighted by Crippen LogP contribution is 2.33. The van der Waals surface area contributed by atoms with Crippen molar-refractivity contribution in [2.24, 2.45) is 0 Å². The summed E-state index contributed by atoms with van der Waals surface area (Å²) in [6.07, 6.45) is 0. The molecule has 0 saturated carbocycles. The predicted molar refractivity (Wildman–Crippen MR) is 114 cm³/mol. The third-order valence-corrected chi connectivity index (χ3v) is 5.09. The van der Waals surface area contributed by atoms with Gasteiger partial charge in [0.1, 0.15) is 12.4 Å². The number of anilines is 1. The van der Waals surface area contributed by atoms with E-state index in [1.807, 2.05) is 42.5 Å². The molecule has 4 rings (SSSR count). The zero-order valence-corrected chi connectivity index (χ0v) is 16.8. The van der Waals surface area contributed by atoms with E-state index in [-0.39, 0.29) is 24.6 Å². The fourth-order valence-corrected chi connectivity index (χ4v) is 3.67. The first kappa shape index (κ1) is 19.7. The summed E-state index contributed by atoms with van der Waals surface area (Å²) < 4.78 is 15.3. The number of nitrogens with zero attached hydrogens (tertiary/aromatic N) is 1. The highest BCUT2D eigenvalue weighted by atomic mass is 16.5. The quantitative estimate of drug-likeness (QED) is 0.616. The molecule has 6 heteroatoms. The lowest BCUT2D eigenvalue weighted by atomic mass is 9.98. The van der Waals surface area contributed by atoms with Crippen LogP contribution in [0.3, 0.4) is 0 Å². The van der Waals surface area contributed by atoms with Gasteiger partial charge in [-0.1, -0.05) is 54.6 Å². The Morgan fingerprint density at radius 3 is 2.43 bits per heavy atom. The second-order valence-electron chi connectivity index (χ2n) is 6.79. The Hall–Kier alpha value is -3.64. The normalized spacial score (nSPS) is 14.0. The van der Waals surface area contributed by atoms with E-state index in [4.69, 9.17) is 14.2 Å². The number of rotatable bonds is 4. The summed E-state index contributed by atoms with van der Waals surface area (Å²) in [5.41, 5.74) is 3.03. The molecule has 0 spiro atoms. The van der Waals surface area contributed by atoms with Gasteiger partial charge in [0.2, 0.25) is 0 Å². The molecule has 152 valence electrons. The van der Waals surface area contributed by atoms with E-state index in [1.165, 1.54) is 14.2 Å². The summed E-state index contributed by atoms with van der Waals surface area (Å²) in [6, 6.07) is 22.1. The number of benzene rings is 3. The van der Waals surface area contributed by atoms with E-state index in [2.05, 4.69) is 24.3 Å². The van der Waals surface area contributed by atoms with E-state index in [9.17, 15) is 9.59 Å². The minimum atomic E-state index is -0.620. The Morgan fingerprint density at radius 2 is 1.63 bits per heavy atom. The number of carbonyl (C=O) groups excluding carboxylic acids is 2. The minimum Gasteiger partial charge on any atom is -0.466 e. The first-order valence-corrected chi connectivity index (χ1v) is 9.47. The molecule has 30 heavy (non-hydrogen) atoms. The van der Waals surface area contributed by atoms with E-state index in [0.29, 0.717) is 5.69 Å². The van der Waals surface area contributed by atoms with E-state index in [1.54, 1.807) is 4.90 Å². The lowest BCUT2D eigenvalue weighted by Gasteiger charge is -2.31. The summed E-state index contributed by atoms with van der Waals surface area (Å²) in [6.45, 7) is 0.0978. The highest BCUT2D eigenvalue weighted by Gasteiger charge is 2.32. The van der Waals surface area contributed by atoms with Crippen LogP contribution in [0.1, 0.15) is 0 Å². The SMILES string of the molecule is COC(=O)C1=C(C(=O)OC)N(c2cccc(-c3cccc4ccccc34)c2)COC1. The van der Waals surface area contributed by atoms with Crippen molar-refractivity contribution in [3.8, 4) is 11.1 Å². The second-order valence-corrected chi connectivity index (χ2v) is 6.79. The number of carbonyl (C=O) groups is 2. The molecule has 0 fully saturated rings. The Balaban J connectivity index is 1.83. The van der Waals surface area contributed by atoms with Gasteiger partial charge in [0.05, 0.1) is 26.4 Å². The molecule has 0 aliphatic carbocycles. The molecular formula is C24H21NO5. The van der Waals surface area contributed by atoms with Gasteiger partial charge in [0.25, 0.3) is 0 Å². The van der Waals surface area contributed by atoms with Crippen LogP contribution in [0.4, 0.5) is 5.69 Å². The Labute approximate surface area is 174 Å². The minimum absolute atomic E-state index is 0.0172. The first-order chi connectivity index (χ1) is 14.6. The van der Waals surface area contributed by atoms with Crippen LogP contribution < -0.4 is 4.90 Å². The zero-order chi connectivity index (χ0) is 21.1. The molecule has 0 saturated heterocycles. The Bertz CT molecular complexity index is 1150. The lowest BCUT2D eigenvalue weighted by molar-refractivity contribution is -0.140. The summed E-state index contributed by atoms with van der Waals surface area (Å²) in [4.78, 5) is 26.4. The molecule has 1 heterocycles. The number of esters is 2. The number of ether oxygens (including phenoxy) is 3. The number of methoxy groups -OCH3 is 2. The molecule has 0 amide bonds. The monoisotopic (exact) mass is 403 g/mol. The molecule has 3 aromatic carbocycles. The van der Waals surface area contributed by atoms with Crippen molar-refractivity contribution in [1.29, 1.82) is 0 Å². The molecule has 1 aliphatic rings. The third-order valence-electron chi connectivity index (χ3n) is 5.09. The topological polar surface area (TPSA) is 65.1 Å². The van der Waals surface area contributed by atoms with E-state index >= 15 is 0 Å². The van der Waals surface area contributed by atoms with Crippen molar-refractivity contribution in [3.63, 3.8) is 0 Å². The van der Waals surface area contributed by atoms with Crippen LogP contribution in [0.2, 0.25) is 0 Å². The van der Waals surface area contributed by atoms with E-state index in [0.717, 1.165) is 21.9 Å². The van der Waals surface area contributed by atoms with Crippen molar-refractivity contribution in [2.45, 2.75) is 0 Å². The van der Waals surface area contributed by atoms with Crippen molar-refractivity contribution < 1.29 is 23.8 Å². The lowest BCUT2D eigenvalue weighted by Crippen LogP contribution is -2.38. The van der Waals surface area contributed by atoms with Crippen LogP contribution in [0.5, 0.6) is 0 Å². The maximum atomic E-state index is 12.5. The standard InChI is InChI=1S/C24H21NO5/c1-28-23(26)21-14-30-15-25(22(21)24(27)29-2)18-10-5-9-17(13-18)20-12-6-8-16-7-3-4-11-19(16)20/h3-13H,14-15H2,1-2H3. The Morgan fingerprint density at radius 1 is 0.900 bits per heavy atom. The van der Waals surface area contributed by atoms with Gasteiger partial charge in [0.15, 0.2) is 0 Å². The van der Waals surface area contributed by atoms with Crippen molar-refractivity contribution >= 4 is 28.4 Å². The molecule has 0 aromatic heterocycles. The summed E-state index contributed by atoms with van der Waals surface area (Å²) in [5.74, 6) is -1.24. The maximum absolute atomic E-state index is 12.5. The molecule has 6 nitrogen and oxygen atoms in total. The highest BCUT2D eigenvalue weighted by molar-refractivity contribution is 6.04. The van der Waals surface area contributed by atoms with Crippen molar-refractivity contribution in [3.05, 3.63) is 78.0 Å². The van der Waals surface area contributed by atoms with Gasteiger partial charge in [-0.15, -0.1) is 0 Å². The molecular weight excluding hydrogens is 382 g/mol. The van der Waals surface area contributed by atoms with Crippen LogP contribution in [0.25, 0.3) is 21.9 Å². The van der Waals surface area contributed by atoms with E-state index < -0.39 is 11.9 Å². The average molecular weight is 403 g/mol. The van der Waals surface area contributed by atoms with Crippen molar-refractivity contribution in [1.82, 2.24) is 0 Å². The van der Waals surface area contributed by atoms with Gasteiger partial charge in [-0.05, 0) is 34.0 Å². The van der Waals surface area contributed by atoms with Crippen LogP contribution in [-0.4, -0.2) is 39.5 Å². The fourth-order valence-electron chi connectivity index (χ4n) is 3.67. The zero-order valence-electron chi connectivity index (χ0n) is 16.8. The molecule has 0 atom stereocenters. The van der Waals surface area contributed by atoms with Crippen LogP contribution in [0, 0.1) is 0 Å². The number of fused-ring (bicyclic) bond motifs is 1. The maximum Gasteiger partial charge on any atom is 0.355 e. The average Bonchev–Trinajstić information content (AvgIpc) is 2.82. The Kier molecular flexibility index (Phi) is 5.50. The van der Waals surface area contributed by atoms with Gasteiger partial charge in [0, 0.05) is 5.69 Å². The van der Waals surface area contributed by atoms with Gasteiger partial charge < -0.3 is 19.1 Å². The molecule has 0 radical (unpaired) electrons. The third kappa shape index (κ3) is 3.53. The molecule has 0 unspecified atom stereocenters. The van der Waals surface area contributed by atoms with Crippen molar-refractivity contribution in [2.75, 3.05) is 32.5 Å². The van der Waals surface area contributed by atoms with Gasteiger partial charge in [-0.3, -0.25) is 0 Å².